The van der Waals surface area contributed by atoms with Crippen molar-refractivity contribution < 1.29 is 27.5 Å². The van der Waals surface area contributed by atoms with Gasteiger partial charge in [0.2, 0.25) is 11.0 Å². The highest BCUT2D eigenvalue weighted by Crippen LogP contribution is 2.33. The van der Waals surface area contributed by atoms with Gasteiger partial charge in [-0.3, -0.25) is 14.5 Å². The second kappa shape index (κ2) is 12.5. The van der Waals surface area contributed by atoms with Gasteiger partial charge >= 0.3 is 6.36 Å². The SMILES string of the molecule is Cc1ccc(Cl)c(N2C(=O)CS/C2=N\C(=S)NOCc2ccc(-c3ncn(-c4ccc(OC(F)(F)F)cc4)n3)cc2)c1. The van der Waals surface area contributed by atoms with Crippen LogP contribution >= 0.6 is 35.6 Å². The Morgan fingerprint density at radius 3 is 2.60 bits per heavy atom. The number of rotatable bonds is 7. The molecule has 2 heterocycles. The molecule has 9 nitrogen and oxygen atoms in total. The van der Waals surface area contributed by atoms with Crippen LogP contribution in [0.4, 0.5) is 18.9 Å². The van der Waals surface area contributed by atoms with Crippen molar-refractivity contribution in [2.75, 3.05) is 10.7 Å². The molecule has 0 aliphatic carbocycles. The number of hydroxylamine groups is 1. The molecule has 0 radical (unpaired) electrons. The van der Waals surface area contributed by atoms with Crippen molar-refractivity contribution in [3.8, 4) is 22.8 Å². The van der Waals surface area contributed by atoms with E-state index in [2.05, 4.69) is 25.3 Å². The number of thiocarbonyl (C=S) groups is 1. The van der Waals surface area contributed by atoms with E-state index in [9.17, 15) is 18.0 Å². The lowest BCUT2D eigenvalue weighted by Crippen LogP contribution is -2.31. The average molecular weight is 633 g/mol. The van der Waals surface area contributed by atoms with Crippen LogP contribution in [0.3, 0.4) is 0 Å². The minimum Gasteiger partial charge on any atom is -0.406 e. The average Bonchev–Trinajstić information content (AvgIpc) is 3.57. The van der Waals surface area contributed by atoms with Crippen molar-refractivity contribution in [3.05, 3.63) is 89.2 Å². The molecule has 1 amide bonds. The van der Waals surface area contributed by atoms with Gasteiger partial charge in [0.15, 0.2) is 11.0 Å². The van der Waals surface area contributed by atoms with Gasteiger partial charge in [-0.15, -0.1) is 18.3 Å². The molecular formula is C27H20ClF3N6O3S2. The maximum Gasteiger partial charge on any atom is 0.573 e. The number of hydrogen-bond donors (Lipinski definition) is 1. The van der Waals surface area contributed by atoms with Gasteiger partial charge in [-0.05, 0) is 66.7 Å². The van der Waals surface area contributed by atoms with Crippen LogP contribution in [0.1, 0.15) is 11.1 Å². The Morgan fingerprint density at radius 2 is 1.88 bits per heavy atom. The van der Waals surface area contributed by atoms with E-state index in [1.165, 1.54) is 51.9 Å². The zero-order valence-corrected chi connectivity index (χ0v) is 24.0. The van der Waals surface area contributed by atoms with Crippen LogP contribution in [-0.4, -0.2) is 43.1 Å². The summed E-state index contributed by atoms with van der Waals surface area (Å²) in [5.74, 6) is 0.168. The number of alkyl halides is 3. The van der Waals surface area contributed by atoms with Crippen LogP contribution < -0.4 is 15.1 Å². The number of hydrogen-bond acceptors (Lipinski definition) is 7. The smallest absolute Gasteiger partial charge is 0.406 e. The Hall–Kier alpha value is -3.98. The highest BCUT2D eigenvalue weighted by molar-refractivity contribution is 8.15. The number of aliphatic imine (C=N–C) groups is 1. The Kier molecular flexibility index (Phi) is 8.77. The molecule has 0 unspecified atom stereocenters. The molecule has 0 spiro atoms. The molecule has 1 aromatic heterocycles. The highest BCUT2D eigenvalue weighted by Gasteiger charge is 2.32. The van der Waals surface area contributed by atoms with Crippen molar-refractivity contribution >= 4 is 57.5 Å². The molecule has 1 N–H and O–H groups in total. The summed E-state index contributed by atoms with van der Waals surface area (Å²) in [4.78, 5) is 28.1. The van der Waals surface area contributed by atoms with Gasteiger partial charge in [0.25, 0.3) is 0 Å². The van der Waals surface area contributed by atoms with Crippen molar-refractivity contribution in [3.63, 3.8) is 0 Å². The Balaban J connectivity index is 1.16. The van der Waals surface area contributed by atoms with Gasteiger partial charge in [0.05, 0.1) is 28.8 Å². The molecule has 1 saturated heterocycles. The summed E-state index contributed by atoms with van der Waals surface area (Å²) < 4.78 is 42.5. The molecule has 5 rings (SSSR count). The summed E-state index contributed by atoms with van der Waals surface area (Å²) in [5, 5.41) is 5.27. The number of ether oxygens (including phenoxy) is 1. The van der Waals surface area contributed by atoms with Crippen LogP contribution in [0.2, 0.25) is 5.02 Å². The summed E-state index contributed by atoms with van der Waals surface area (Å²) in [6.07, 6.45) is -3.30. The predicted octanol–water partition coefficient (Wildman–Crippen LogP) is 6.24. The largest absolute Gasteiger partial charge is 0.573 e. The maximum atomic E-state index is 12.5. The molecule has 1 aliphatic heterocycles. The monoisotopic (exact) mass is 632 g/mol. The number of amidine groups is 1. The topological polar surface area (TPSA) is 93.9 Å². The van der Waals surface area contributed by atoms with Crippen molar-refractivity contribution in [2.45, 2.75) is 19.9 Å². The molecule has 1 fully saturated rings. The fourth-order valence-electron chi connectivity index (χ4n) is 3.84. The summed E-state index contributed by atoms with van der Waals surface area (Å²) in [6.45, 7) is 2.07. The second-order valence-electron chi connectivity index (χ2n) is 8.81. The first-order valence-corrected chi connectivity index (χ1v) is 13.9. The molecule has 3 aromatic carbocycles. The van der Waals surface area contributed by atoms with Crippen molar-refractivity contribution in [1.82, 2.24) is 20.2 Å². The number of anilines is 1. The van der Waals surface area contributed by atoms with E-state index >= 15 is 0 Å². The number of nitrogens with one attached hydrogen (secondary N) is 1. The van der Waals surface area contributed by atoms with Crippen molar-refractivity contribution in [2.24, 2.45) is 4.99 Å². The third kappa shape index (κ3) is 7.26. The maximum absolute atomic E-state index is 12.5. The number of aromatic nitrogens is 3. The molecule has 0 saturated carbocycles. The summed E-state index contributed by atoms with van der Waals surface area (Å²) in [7, 11) is 0. The molecular weight excluding hydrogens is 613 g/mol. The molecule has 15 heteroatoms. The number of nitrogens with zero attached hydrogens (tertiary/aromatic N) is 5. The first kappa shape index (κ1) is 29.5. The number of benzene rings is 3. The van der Waals surface area contributed by atoms with E-state index in [-0.39, 0.29) is 29.1 Å². The van der Waals surface area contributed by atoms with E-state index in [4.69, 9.17) is 28.7 Å². The normalized spacial score (nSPS) is 14.5. The van der Waals surface area contributed by atoms with Gasteiger partial charge < -0.3 is 4.74 Å². The fourth-order valence-corrected chi connectivity index (χ4v) is 5.11. The minimum absolute atomic E-state index is 0.0466. The van der Waals surface area contributed by atoms with Gasteiger partial charge in [-0.2, -0.15) is 4.99 Å². The Morgan fingerprint density at radius 1 is 1.14 bits per heavy atom. The third-order valence-electron chi connectivity index (χ3n) is 5.74. The molecule has 4 aromatic rings. The van der Waals surface area contributed by atoms with E-state index in [1.807, 2.05) is 31.2 Å². The lowest BCUT2D eigenvalue weighted by atomic mass is 10.1. The van der Waals surface area contributed by atoms with Crippen molar-refractivity contribution in [1.29, 1.82) is 0 Å². The lowest BCUT2D eigenvalue weighted by molar-refractivity contribution is -0.274. The fraction of sp³-hybridized carbons (Fsp3) is 0.148. The molecule has 216 valence electrons. The Labute approximate surface area is 252 Å². The van der Waals surface area contributed by atoms with Crippen LogP contribution in [0.25, 0.3) is 17.1 Å². The highest BCUT2D eigenvalue weighted by atomic mass is 35.5. The molecule has 1 aliphatic rings. The van der Waals surface area contributed by atoms with E-state index in [0.717, 1.165) is 16.7 Å². The Bertz CT molecular complexity index is 1650. The van der Waals surface area contributed by atoms with Crippen LogP contribution in [0.15, 0.2) is 78.0 Å². The van der Waals surface area contributed by atoms with Crippen LogP contribution in [0.5, 0.6) is 5.75 Å². The molecule has 0 bridgehead atoms. The first-order valence-electron chi connectivity index (χ1n) is 12.2. The van der Waals surface area contributed by atoms with E-state index in [1.54, 1.807) is 18.2 Å². The lowest BCUT2D eigenvalue weighted by Gasteiger charge is -2.18. The second-order valence-corrected chi connectivity index (χ2v) is 10.6. The zero-order valence-electron chi connectivity index (χ0n) is 21.6. The van der Waals surface area contributed by atoms with Gasteiger partial charge in [0.1, 0.15) is 12.1 Å². The summed E-state index contributed by atoms with van der Waals surface area (Å²) in [6, 6.07) is 17.9. The number of halogens is 4. The summed E-state index contributed by atoms with van der Waals surface area (Å²) in [5.41, 5.74) is 6.17. The number of amides is 1. The number of aryl methyl sites for hydroxylation is 1. The number of carbonyl (C=O) groups is 1. The minimum atomic E-state index is -4.76. The molecule has 42 heavy (non-hydrogen) atoms. The third-order valence-corrected chi connectivity index (χ3v) is 7.16. The van der Waals surface area contributed by atoms with E-state index in [0.29, 0.717) is 27.4 Å². The van der Waals surface area contributed by atoms with Gasteiger partial charge in [-0.1, -0.05) is 53.7 Å². The molecule has 0 atom stereocenters. The van der Waals surface area contributed by atoms with Gasteiger partial charge in [0, 0.05) is 5.56 Å². The van der Waals surface area contributed by atoms with Gasteiger partial charge in [-0.25, -0.2) is 15.1 Å². The quantitative estimate of drug-likeness (QED) is 0.189. The predicted molar refractivity (Wildman–Crippen MR) is 158 cm³/mol. The van der Waals surface area contributed by atoms with E-state index < -0.39 is 6.36 Å². The standard InChI is InChI=1S/C27H20ClF3N6O3S2/c1-16-2-11-21(28)22(12-16)37-23(38)14-42-26(37)33-25(41)35-39-13-17-3-5-18(6-4-17)24-32-15-36(34-24)19-7-9-20(10-8-19)40-27(29,30)31/h2-12,15H,13-14H2,1H3,(H,35,41)/b33-26-. The van der Waals surface area contributed by atoms with Crippen LogP contribution in [0, 0.1) is 6.92 Å². The summed E-state index contributed by atoms with van der Waals surface area (Å²) >= 11 is 12.9. The number of thioether (sulfide) groups is 1. The van der Waals surface area contributed by atoms with Crippen LogP contribution in [-0.2, 0) is 16.2 Å². The first-order chi connectivity index (χ1) is 20.1. The number of carbonyl (C=O) groups excluding carboxylic acids is 1. The zero-order chi connectivity index (χ0) is 29.9.